The zero-order valence-corrected chi connectivity index (χ0v) is 20.1. The normalized spacial score (nSPS) is 26.4. The topological polar surface area (TPSA) is 135 Å². The van der Waals surface area contributed by atoms with Crippen LogP contribution in [-0.4, -0.2) is 41.2 Å². The van der Waals surface area contributed by atoms with Crippen LogP contribution >= 0.6 is 11.8 Å². The minimum Gasteiger partial charge on any atom is -0.392 e. The van der Waals surface area contributed by atoms with Gasteiger partial charge in [-0.3, -0.25) is 9.78 Å². The lowest BCUT2D eigenvalue weighted by molar-refractivity contribution is -0.114. The van der Waals surface area contributed by atoms with Crippen LogP contribution in [0.5, 0.6) is 0 Å². The number of aryl methyl sites for hydroxylation is 1. The summed E-state index contributed by atoms with van der Waals surface area (Å²) in [5.41, 5.74) is 21.2. The van der Waals surface area contributed by atoms with Gasteiger partial charge in [0.1, 0.15) is 22.7 Å². The highest BCUT2D eigenvalue weighted by atomic mass is 32.2. The Morgan fingerprint density at radius 3 is 2.60 bits per heavy atom. The van der Waals surface area contributed by atoms with Gasteiger partial charge in [0.2, 0.25) is 0 Å². The van der Waals surface area contributed by atoms with Crippen molar-refractivity contribution in [3.63, 3.8) is 0 Å². The number of piperidine rings is 1. The summed E-state index contributed by atoms with van der Waals surface area (Å²) < 4.78 is 29.9. The molecule has 7 N–H and O–H groups in total. The van der Waals surface area contributed by atoms with E-state index in [1.807, 2.05) is 6.92 Å². The fourth-order valence-electron chi connectivity index (χ4n) is 5.39. The van der Waals surface area contributed by atoms with E-state index in [0.717, 1.165) is 48.0 Å². The lowest BCUT2D eigenvalue weighted by Crippen LogP contribution is -2.56. The Kier molecular flexibility index (Phi) is 6.10. The van der Waals surface area contributed by atoms with Crippen molar-refractivity contribution in [3.8, 4) is 0 Å². The monoisotopic (exact) mass is 502 g/mol. The first kappa shape index (κ1) is 23.8. The molecule has 8 nitrogen and oxygen atoms in total. The van der Waals surface area contributed by atoms with Crippen LogP contribution in [0.3, 0.4) is 0 Å². The van der Waals surface area contributed by atoms with Crippen molar-refractivity contribution in [1.29, 1.82) is 0 Å². The molecule has 0 saturated carbocycles. The van der Waals surface area contributed by atoms with Gasteiger partial charge in [-0.15, -0.1) is 0 Å². The van der Waals surface area contributed by atoms with Gasteiger partial charge >= 0.3 is 0 Å². The Hall–Kier alpha value is -2.89. The van der Waals surface area contributed by atoms with Gasteiger partial charge in [0.05, 0.1) is 34.3 Å². The van der Waals surface area contributed by atoms with E-state index in [-0.39, 0.29) is 22.2 Å². The van der Waals surface area contributed by atoms with E-state index in [1.165, 1.54) is 23.1 Å². The molecule has 1 saturated heterocycles. The van der Waals surface area contributed by atoms with Crippen molar-refractivity contribution in [2.45, 2.75) is 43.7 Å². The van der Waals surface area contributed by atoms with Crippen LogP contribution in [-0.2, 0) is 17.6 Å². The predicted molar refractivity (Wildman–Crippen MR) is 131 cm³/mol. The van der Waals surface area contributed by atoms with Gasteiger partial charge in [0.15, 0.2) is 0 Å². The number of nitrogens with two attached hydrogens (primary N) is 3. The number of hydrogen-bond acceptors (Lipinski definition) is 8. The van der Waals surface area contributed by atoms with E-state index in [1.54, 1.807) is 6.20 Å². The van der Waals surface area contributed by atoms with Crippen LogP contribution in [0.25, 0.3) is 0 Å². The zero-order valence-electron chi connectivity index (χ0n) is 19.2. The molecule has 1 aromatic heterocycles. The summed E-state index contributed by atoms with van der Waals surface area (Å²) >= 11 is 0.968. The highest BCUT2D eigenvalue weighted by molar-refractivity contribution is 8.03. The molecule has 1 aliphatic carbocycles. The summed E-state index contributed by atoms with van der Waals surface area (Å²) in [6.07, 6.45) is 3.45. The number of nitrogens with zero attached hydrogens (tertiary/aromatic N) is 3. The van der Waals surface area contributed by atoms with E-state index < -0.39 is 35.1 Å². The molecule has 3 heterocycles. The average molecular weight is 503 g/mol. The Morgan fingerprint density at radius 2 is 1.94 bits per heavy atom. The first-order chi connectivity index (χ1) is 16.7. The second-order valence-corrected chi connectivity index (χ2v) is 10.5. The number of anilines is 2. The number of fused-ring (bicyclic) bond motifs is 1. The van der Waals surface area contributed by atoms with Gasteiger partial charge in [-0.05, 0) is 37.0 Å². The quantitative estimate of drug-likeness (QED) is 0.498. The van der Waals surface area contributed by atoms with E-state index in [2.05, 4.69) is 9.88 Å². The summed E-state index contributed by atoms with van der Waals surface area (Å²) in [6.45, 7) is 2.82. The van der Waals surface area contributed by atoms with E-state index >= 15 is 0 Å². The molecular weight excluding hydrogens is 474 g/mol. The second kappa shape index (κ2) is 8.96. The molecule has 5 rings (SSSR count). The molecule has 4 unspecified atom stereocenters. The number of benzene rings is 1. The SMILES string of the molecule is CC1CN(c2c(N3C(C(N)=O)=C(N)SC3c3c(F)cccc3F)cnc3c2CCC3)CC(N)C1O. The highest BCUT2D eigenvalue weighted by Crippen LogP contribution is 2.52. The van der Waals surface area contributed by atoms with Crippen LogP contribution in [0.15, 0.2) is 35.1 Å². The molecule has 4 atom stereocenters. The van der Waals surface area contributed by atoms with Crippen molar-refractivity contribution in [1.82, 2.24) is 4.98 Å². The van der Waals surface area contributed by atoms with E-state index in [9.17, 15) is 18.7 Å². The number of aliphatic hydroxyl groups excluding tert-OH is 1. The fourth-order valence-corrected chi connectivity index (χ4v) is 6.61. The number of halogens is 2. The third kappa shape index (κ3) is 3.91. The molecule has 0 bridgehead atoms. The van der Waals surface area contributed by atoms with Gasteiger partial charge < -0.3 is 32.1 Å². The number of aromatic nitrogens is 1. The Balaban J connectivity index is 1.71. The van der Waals surface area contributed by atoms with Gasteiger partial charge in [-0.25, -0.2) is 8.78 Å². The second-order valence-electron chi connectivity index (χ2n) is 9.36. The van der Waals surface area contributed by atoms with Crippen molar-refractivity contribution in [3.05, 3.63) is 63.6 Å². The van der Waals surface area contributed by atoms with Crippen molar-refractivity contribution < 1.29 is 18.7 Å². The van der Waals surface area contributed by atoms with Crippen LogP contribution in [0.4, 0.5) is 20.2 Å². The maximum Gasteiger partial charge on any atom is 0.268 e. The first-order valence-electron chi connectivity index (χ1n) is 11.6. The smallest absolute Gasteiger partial charge is 0.268 e. The number of amides is 1. The molecule has 0 spiro atoms. The fraction of sp³-hybridized carbons (Fsp3) is 0.417. The summed E-state index contributed by atoms with van der Waals surface area (Å²) in [5, 5.41) is 9.52. The summed E-state index contributed by atoms with van der Waals surface area (Å²) in [4.78, 5) is 20.8. The molecule has 35 heavy (non-hydrogen) atoms. The Bertz CT molecular complexity index is 1190. The number of rotatable bonds is 4. The molecule has 11 heteroatoms. The zero-order chi connectivity index (χ0) is 25.0. The average Bonchev–Trinajstić information content (AvgIpc) is 3.40. The number of pyridine rings is 1. The number of carbonyl (C=O) groups is 1. The molecule has 3 aliphatic rings. The number of thioether (sulfide) groups is 1. The summed E-state index contributed by atoms with van der Waals surface area (Å²) in [5.74, 6) is -2.42. The largest absolute Gasteiger partial charge is 0.392 e. The van der Waals surface area contributed by atoms with Crippen molar-refractivity contribution >= 4 is 29.0 Å². The number of primary amides is 1. The molecule has 2 aromatic rings. The van der Waals surface area contributed by atoms with Crippen molar-refractivity contribution in [2.24, 2.45) is 23.1 Å². The molecule has 1 aromatic carbocycles. The molecule has 0 radical (unpaired) electrons. The lowest BCUT2D eigenvalue weighted by atomic mass is 9.91. The van der Waals surface area contributed by atoms with Crippen LogP contribution in [0.1, 0.15) is 35.5 Å². The Morgan fingerprint density at radius 1 is 1.23 bits per heavy atom. The molecule has 2 aliphatic heterocycles. The Labute approximate surface area is 206 Å². The van der Waals surface area contributed by atoms with Gasteiger partial charge in [-0.1, -0.05) is 24.8 Å². The standard InChI is InChI=1S/C24H28F2N6O2S/c1-11-9-31(10-15(27)21(11)33)19-12-4-2-7-16(12)30-8-17(19)32-20(22(28)34)23(29)35-24(32)18-13(25)5-3-6-14(18)26/h3,5-6,8,11,15,21,24,33H,2,4,7,9-10,27,29H2,1H3,(H2,28,34). The maximum absolute atomic E-state index is 14.9. The third-order valence-corrected chi connectivity index (χ3v) is 8.14. The molecular formula is C24H28F2N6O2S. The molecule has 186 valence electrons. The number of hydrogen-bond donors (Lipinski definition) is 4. The minimum atomic E-state index is -1.000. The first-order valence-corrected chi connectivity index (χ1v) is 12.5. The predicted octanol–water partition coefficient (Wildman–Crippen LogP) is 1.86. The van der Waals surface area contributed by atoms with Gasteiger partial charge in [0, 0.05) is 30.7 Å². The minimum absolute atomic E-state index is 0.0296. The van der Waals surface area contributed by atoms with E-state index in [0.29, 0.717) is 18.8 Å². The molecule has 1 amide bonds. The maximum atomic E-state index is 14.9. The van der Waals surface area contributed by atoms with Crippen molar-refractivity contribution in [2.75, 3.05) is 22.9 Å². The van der Waals surface area contributed by atoms with Crippen LogP contribution in [0, 0.1) is 17.6 Å². The van der Waals surface area contributed by atoms with Crippen LogP contribution in [0.2, 0.25) is 0 Å². The lowest BCUT2D eigenvalue weighted by Gasteiger charge is -2.42. The number of carbonyl (C=O) groups excluding carboxylic acids is 1. The molecule has 1 fully saturated rings. The van der Waals surface area contributed by atoms with E-state index in [4.69, 9.17) is 17.2 Å². The number of aliphatic hydroxyl groups is 1. The summed E-state index contributed by atoms with van der Waals surface area (Å²) in [7, 11) is 0. The third-order valence-electron chi connectivity index (χ3n) is 7.02. The van der Waals surface area contributed by atoms with Gasteiger partial charge in [0.25, 0.3) is 5.91 Å². The highest BCUT2D eigenvalue weighted by Gasteiger charge is 2.43. The van der Waals surface area contributed by atoms with Crippen LogP contribution < -0.4 is 27.0 Å². The van der Waals surface area contributed by atoms with Gasteiger partial charge in [-0.2, -0.15) is 0 Å². The summed E-state index contributed by atoms with van der Waals surface area (Å²) in [6, 6.07) is 3.14.